The molecule has 28 heavy (non-hydrogen) atoms. The van der Waals surface area contributed by atoms with Crippen molar-refractivity contribution in [1.82, 2.24) is 6.15 Å². The normalized spacial score (nSPS) is 9.93. The van der Waals surface area contributed by atoms with Crippen molar-refractivity contribution in [1.29, 1.82) is 0 Å². The average Bonchev–Trinajstić information content (AvgIpc) is 2.57. The molecule has 0 fully saturated rings. The fourth-order valence-corrected chi connectivity index (χ4v) is 2.24. The highest BCUT2D eigenvalue weighted by Gasteiger charge is 2.26. The van der Waals surface area contributed by atoms with Crippen LogP contribution in [0, 0.1) is 54.3 Å². The van der Waals surface area contributed by atoms with Crippen LogP contribution in [0.2, 0.25) is 0 Å². The number of benzene rings is 2. The van der Waals surface area contributed by atoms with E-state index in [4.69, 9.17) is 4.74 Å². The molecule has 3 N–H and O–H groups in total. The van der Waals surface area contributed by atoms with Crippen LogP contribution in [0.25, 0.3) is 0 Å². The number of hydrogen-bond donors (Lipinski definition) is 1. The van der Waals surface area contributed by atoms with Gasteiger partial charge in [0, 0.05) is 0 Å². The van der Waals surface area contributed by atoms with Crippen LogP contribution in [-0.4, -0.2) is 19.7 Å². The van der Waals surface area contributed by atoms with Crippen molar-refractivity contribution in [3.8, 4) is 11.5 Å². The number of ether oxygens (including phenoxy) is 1. The summed E-state index contributed by atoms with van der Waals surface area (Å²) in [5.41, 5.74) is -2.65. The van der Waals surface area contributed by atoms with E-state index in [1.165, 1.54) is 13.8 Å². The summed E-state index contributed by atoms with van der Waals surface area (Å²) in [6.07, 6.45) is 0. The molecule has 0 atom stereocenters. The molecule has 0 radical (unpaired) electrons. The van der Waals surface area contributed by atoms with Gasteiger partial charge in [0.25, 0.3) is 22.7 Å². The summed E-state index contributed by atoms with van der Waals surface area (Å²) < 4.78 is 5.39. The smallest absolute Gasteiger partial charge is 0.282 e. The highest BCUT2D eigenvalue weighted by molar-refractivity contribution is 5.61. The zero-order chi connectivity index (χ0) is 20.5. The summed E-state index contributed by atoms with van der Waals surface area (Å²) in [6.45, 7) is 2.52. The van der Waals surface area contributed by atoms with Crippen molar-refractivity contribution >= 4 is 22.7 Å². The zero-order valence-electron chi connectivity index (χ0n) is 14.5. The maximum absolute atomic E-state index is 11.1. The van der Waals surface area contributed by atoms with Crippen LogP contribution < -0.4 is 10.9 Å². The lowest BCUT2D eigenvalue weighted by Gasteiger charge is -2.11. The lowest BCUT2D eigenvalue weighted by Crippen LogP contribution is -2.01. The standard InChI is InChI=1S/C14H10N4O9.H3N/c1-7-11(17(23)24)3-9(15(19)20)5-13(7)27-14-6-10(16(21)22)4-12(8(14)2)18(25)26;/h3-6H,1-2H3;1H3. The molecule has 0 unspecified atom stereocenters. The molecule has 0 aliphatic heterocycles. The van der Waals surface area contributed by atoms with E-state index in [-0.39, 0.29) is 28.8 Å². The second-order valence-corrected chi connectivity index (χ2v) is 5.31. The summed E-state index contributed by atoms with van der Waals surface area (Å²) in [4.78, 5) is 40.8. The van der Waals surface area contributed by atoms with Gasteiger partial charge in [0.2, 0.25) is 0 Å². The van der Waals surface area contributed by atoms with Crippen LogP contribution in [0.4, 0.5) is 22.7 Å². The average molecular weight is 395 g/mol. The Morgan fingerprint density at radius 2 is 0.964 bits per heavy atom. The van der Waals surface area contributed by atoms with E-state index in [1.807, 2.05) is 0 Å². The third-order valence-electron chi connectivity index (χ3n) is 3.67. The lowest BCUT2D eigenvalue weighted by atomic mass is 10.1. The van der Waals surface area contributed by atoms with E-state index in [0.717, 1.165) is 24.3 Å². The molecule has 2 aromatic carbocycles. The van der Waals surface area contributed by atoms with Crippen LogP contribution >= 0.6 is 0 Å². The molecule has 0 saturated carbocycles. The largest absolute Gasteiger partial charge is 0.456 e. The van der Waals surface area contributed by atoms with Gasteiger partial charge in [0.05, 0.1) is 55.1 Å². The Bertz CT molecular complexity index is 926. The lowest BCUT2D eigenvalue weighted by molar-refractivity contribution is -0.394. The Kier molecular flexibility index (Phi) is 6.24. The molecule has 0 aliphatic carbocycles. The fourth-order valence-electron chi connectivity index (χ4n) is 2.24. The maximum Gasteiger partial charge on any atom is 0.282 e. The third kappa shape index (κ3) is 4.13. The predicted molar refractivity (Wildman–Crippen MR) is 94.1 cm³/mol. The first-order valence-corrected chi connectivity index (χ1v) is 7.07. The molecule has 0 saturated heterocycles. The van der Waals surface area contributed by atoms with Gasteiger partial charge in [0.15, 0.2) is 0 Å². The van der Waals surface area contributed by atoms with Gasteiger partial charge in [-0.25, -0.2) is 0 Å². The van der Waals surface area contributed by atoms with Gasteiger partial charge in [-0.15, -0.1) is 0 Å². The molecule has 0 heterocycles. The van der Waals surface area contributed by atoms with Gasteiger partial charge in [-0.2, -0.15) is 0 Å². The topological polar surface area (TPSA) is 217 Å². The molecule has 14 heteroatoms. The number of hydrogen-bond acceptors (Lipinski definition) is 10. The molecule has 148 valence electrons. The molecule has 2 rings (SSSR count). The fraction of sp³-hybridized carbons (Fsp3) is 0.143. The van der Waals surface area contributed by atoms with Crippen molar-refractivity contribution in [2.45, 2.75) is 13.8 Å². The SMILES string of the molecule is Cc1c(Oc2cc([N+](=O)[O-])cc([N+](=O)[O-])c2C)cc([N+](=O)[O-])cc1[N+](=O)[O-].N. The quantitative estimate of drug-likeness (QED) is 0.549. The highest BCUT2D eigenvalue weighted by Crippen LogP contribution is 2.40. The second-order valence-electron chi connectivity index (χ2n) is 5.31. The van der Waals surface area contributed by atoms with Crippen molar-refractivity contribution in [3.05, 3.63) is 75.8 Å². The van der Waals surface area contributed by atoms with Crippen molar-refractivity contribution in [2.75, 3.05) is 0 Å². The summed E-state index contributed by atoms with van der Waals surface area (Å²) in [5, 5.41) is 44.2. The van der Waals surface area contributed by atoms with Gasteiger partial charge >= 0.3 is 0 Å². The van der Waals surface area contributed by atoms with Gasteiger partial charge in [0.1, 0.15) is 11.5 Å². The molecule has 0 spiro atoms. The summed E-state index contributed by atoms with van der Waals surface area (Å²) in [5.74, 6) is -0.650. The van der Waals surface area contributed by atoms with Crippen LogP contribution in [0.5, 0.6) is 11.5 Å². The molecular weight excluding hydrogens is 382 g/mol. The Balaban J connectivity index is 0.00000392. The van der Waals surface area contributed by atoms with E-state index in [9.17, 15) is 40.5 Å². The molecule has 14 nitrogen and oxygen atoms in total. The van der Waals surface area contributed by atoms with Crippen molar-refractivity contribution in [3.63, 3.8) is 0 Å². The Hall–Kier alpha value is -4.20. The minimum absolute atomic E-state index is 0. The molecule has 0 amide bonds. The first-order chi connectivity index (χ1) is 12.5. The minimum Gasteiger partial charge on any atom is -0.456 e. The van der Waals surface area contributed by atoms with E-state index < -0.39 is 42.4 Å². The summed E-state index contributed by atoms with van der Waals surface area (Å²) in [6, 6.07) is 3.27. The van der Waals surface area contributed by atoms with Gasteiger partial charge in [-0.3, -0.25) is 40.5 Å². The van der Waals surface area contributed by atoms with E-state index in [1.54, 1.807) is 0 Å². The Labute approximate surface area is 155 Å². The first-order valence-electron chi connectivity index (χ1n) is 7.07. The second kappa shape index (κ2) is 8.00. The number of nitro groups is 4. The van der Waals surface area contributed by atoms with E-state index >= 15 is 0 Å². The summed E-state index contributed by atoms with van der Waals surface area (Å²) in [7, 11) is 0. The molecule has 0 aliphatic rings. The van der Waals surface area contributed by atoms with E-state index in [2.05, 4.69) is 0 Å². The van der Waals surface area contributed by atoms with Crippen LogP contribution in [0.3, 0.4) is 0 Å². The van der Waals surface area contributed by atoms with Crippen molar-refractivity contribution in [2.24, 2.45) is 0 Å². The zero-order valence-corrected chi connectivity index (χ0v) is 14.5. The van der Waals surface area contributed by atoms with Gasteiger partial charge < -0.3 is 10.9 Å². The number of non-ortho nitro benzene ring substituents is 2. The van der Waals surface area contributed by atoms with Gasteiger partial charge in [-0.1, -0.05) is 0 Å². The van der Waals surface area contributed by atoms with E-state index in [0.29, 0.717) is 0 Å². The third-order valence-corrected chi connectivity index (χ3v) is 3.67. The Morgan fingerprint density at radius 1 is 0.643 bits per heavy atom. The Morgan fingerprint density at radius 3 is 1.21 bits per heavy atom. The molecule has 0 bridgehead atoms. The minimum atomic E-state index is -0.873. The predicted octanol–water partition coefficient (Wildman–Crippen LogP) is 3.89. The molecule has 0 aromatic heterocycles. The first kappa shape index (κ1) is 21.8. The van der Waals surface area contributed by atoms with Crippen LogP contribution in [0.15, 0.2) is 24.3 Å². The number of nitrogens with zero attached hydrogens (tertiary/aromatic N) is 4. The molecular formula is C14H13N5O9. The molecule has 2 aromatic rings. The monoisotopic (exact) mass is 395 g/mol. The maximum atomic E-state index is 11.1. The van der Waals surface area contributed by atoms with Crippen molar-refractivity contribution < 1.29 is 24.4 Å². The van der Waals surface area contributed by atoms with Gasteiger partial charge in [-0.05, 0) is 13.8 Å². The van der Waals surface area contributed by atoms with Crippen LogP contribution in [0.1, 0.15) is 11.1 Å². The van der Waals surface area contributed by atoms with Crippen LogP contribution in [-0.2, 0) is 0 Å². The number of nitro benzene ring substituents is 4. The number of rotatable bonds is 6. The summed E-state index contributed by atoms with van der Waals surface area (Å²) >= 11 is 0. The highest BCUT2D eigenvalue weighted by atomic mass is 16.6.